The van der Waals surface area contributed by atoms with Gasteiger partial charge in [-0.2, -0.15) is 0 Å². The second-order valence-corrected chi connectivity index (χ2v) is 3.71. The fourth-order valence-corrected chi connectivity index (χ4v) is 1.62. The van der Waals surface area contributed by atoms with Crippen LogP contribution in [-0.4, -0.2) is 19.0 Å². The molecule has 0 aliphatic carbocycles. The lowest BCUT2D eigenvalue weighted by Crippen LogP contribution is -2.39. The molecule has 1 aromatic carbocycles. The molecular weight excluding hydrogens is 210 g/mol. The molecule has 4 heteroatoms. The highest BCUT2D eigenvalue weighted by Gasteiger charge is 2.14. The zero-order chi connectivity index (χ0) is 9.97. The maximum atomic E-state index is 5.54. The van der Waals surface area contributed by atoms with Gasteiger partial charge in [0.15, 0.2) is 5.96 Å². The molecule has 1 heterocycles. The number of guanidine groups is 1. The monoisotopic (exact) mass is 225 g/mol. The Balaban J connectivity index is 0.00000112. The van der Waals surface area contributed by atoms with Crippen molar-refractivity contribution in [2.24, 2.45) is 10.7 Å². The van der Waals surface area contributed by atoms with Crippen LogP contribution in [0.4, 0.5) is 0 Å². The fraction of sp³-hybridized carbons (Fsp3) is 0.364. The number of nitrogens with zero attached hydrogens (tertiary/aromatic N) is 1. The summed E-state index contributed by atoms with van der Waals surface area (Å²) < 4.78 is 0. The smallest absolute Gasteiger partial charge is 0.188 e. The van der Waals surface area contributed by atoms with Crippen molar-refractivity contribution in [1.29, 1.82) is 0 Å². The number of nitrogens with one attached hydrogen (secondary N) is 1. The van der Waals surface area contributed by atoms with Gasteiger partial charge >= 0.3 is 0 Å². The molecule has 0 saturated heterocycles. The summed E-state index contributed by atoms with van der Waals surface area (Å²) in [7, 11) is 0. The molecule has 0 aromatic heterocycles. The van der Waals surface area contributed by atoms with Crippen LogP contribution >= 0.6 is 12.4 Å². The summed E-state index contributed by atoms with van der Waals surface area (Å²) in [6, 6.07) is 8.60. The number of benzene rings is 1. The number of hydrogen-bond donors (Lipinski definition) is 2. The molecular formula is C11H16ClN3. The summed E-state index contributed by atoms with van der Waals surface area (Å²) in [4.78, 5) is 4.19. The van der Waals surface area contributed by atoms with Gasteiger partial charge in [-0.3, -0.25) is 4.99 Å². The summed E-state index contributed by atoms with van der Waals surface area (Å²) in [5, 5.41) is 3.07. The topological polar surface area (TPSA) is 50.4 Å². The molecule has 1 aliphatic heterocycles. The molecule has 3 N–H and O–H groups in total. The van der Waals surface area contributed by atoms with Gasteiger partial charge in [-0.05, 0) is 12.5 Å². The molecule has 1 aromatic rings. The van der Waals surface area contributed by atoms with Crippen molar-refractivity contribution < 1.29 is 0 Å². The molecule has 0 bridgehead atoms. The van der Waals surface area contributed by atoms with E-state index in [0.717, 1.165) is 13.1 Å². The van der Waals surface area contributed by atoms with Crippen molar-refractivity contribution >= 4 is 18.4 Å². The van der Waals surface area contributed by atoms with Crippen LogP contribution in [0.1, 0.15) is 17.0 Å². The first-order valence-corrected chi connectivity index (χ1v) is 4.86. The van der Waals surface area contributed by atoms with Crippen LogP contribution in [0.15, 0.2) is 29.3 Å². The Morgan fingerprint density at radius 1 is 1.33 bits per heavy atom. The SMILES string of the molecule is Cc1ccc(C2CN=C(N)NC2)cc1.Cl. The van der Waals surface area contributed by atoms with Gasteiger partial charge in [0, 0.05) is 12.5 Å². The van der Waals surface area contributed by atoms with Gasteiger partial charge in [0.05, 0.1) is 6.54 Å². The zero-order valence-corrected chi connectivity index (χ0v) is 9.55. The predicted molar refractivity (Wildman–Crippen MR) is 65.7 cm³/mol. The van der Waals surface area contributed by atoms with E-state index < -0.39 is 0 Å². The maximum absolute atomic E-state index is 5.54. The van der Waals surface area contributed by atoms with Crippen LogP contribution in [-0.2, 0) is 0 Å². The second kappa shape index (κ2) is 5.03. The summed E-state index contributed by atoms with van der Waals surface area (Å²) in [5.74, 6) is 1.02. The average molecular weight is 226 g/mol. The first kappa shape index (κ1) is 11.9. The molecule has 0 saturated carbocycles. The van der Waals surface area contributed by atoms with Crippen LogP contribution in [0.3, 0.4) is 0 Å². The van der Waals surface area contributed by atoms with Crippen LogP contribution in [0.5, 0.6) is 0 Å². The van der Waals surface area contributed by atoms with Crippen molar-refractivity contribution in [2.45, 2.75) is 12.8 Å². The first-order chi connectivity index (χ1) is 6.75. The van der Waals surface area contributed by atoms with Crippen molar-refractivity contribution in [3.8, 4) is 0 Å². The van der Waals surface area contributed by atoms with Gasteiger partial charge in [-0.15, -0.1) is 12.4 Å². The highest BCUT2D eigenvalue weighted by molar-refractivity contribution is 5.85. The molecule has 0 radical (unpaired) electrons. The minimum Gasteiger partial charge on any atom is -0.370 e. The lowest BCUT2D eigenvalue weighted by Gasteiger charge is -2.21. The van der Waals surface area contributed by atoms with Crippen molar-refractivity contribution in [3.05, 3.63) is 35.4 Å². The maximum Gasteiger partial charge on any atom is 0.188 e. The van der Waals surface area contributed by atoms with E-state index >= 15 is 0 Å². The summed E-state index contributed by atoms with van der Waals surface area (Å²) in [5.41, 5.74) is 8.16. The molecule has 3 nitrogen and oxygen atoms in total. The average Bonchev–Trinajstić information content (AvgIpc) is 2.21. The summed E-state index contributed by atoms with van der Waals surface area (Å²) in [6.45, 7) is 3.78. The van der Waals surface area contributed by atoms with E-state index in [2.05, 4.69) is 41.5 Å². The predicted octanol–water partition coefficient (Wildman–Crippen LogP) is 1.42. The van der Waals surface area contributed by atoms with Crippen molar-refractivity contribution in [3.63, 3.8) is 0 Å². The van der Waals surface area contributed by atoms with Gasteiger partial charge in [0.25, 0.3) is 0 Å². The van der Waals surface area contributed by atoms with E-state index in [0.29, 0.717) is 11.9 Å². The molecule has 15 heavy (non-hydrogen) atoms. The highest BCUT2D eigenvalue weighted by atomic mass is 35.5. The Labute approximate surface area is 96.2 Å². The normalized spacial score (nSPS) is 19.8. The molecule has 1 unspecified atom stereocenters. The second-order valence-electron chi connectivity index (χ2n) is 3.71. The van der Waals surface area contributed by atoms with Crippen LogP contribution in [0.2, 0.25) is 0 Å². The number of aliphatic imine (C=N–C) groups is 1. The quantitative estimate of drug-likeness (QED) is 0.760. The molecule has 2 rings (SSSR count). The van der Waals surface area contributed by atoms with Crippen LogP contribution < -0.4 is 11.1 Å². The molecule has 0 amide bonds. The number of nitrogens with two attached hydrogens (primary N) is 1. The Morgan fingerprint density at radius 3 is 2.53 bits per heavy atom. The number of aryl methyl sites for hydroxylation is 1. The van der Waals surface area contributed by atoms with E-state index in [1.807, 2.05) is 0 Å². The number of rotatable bonds is 1. The lowest BCUT2D eigenvalue weighted by atomic mass is 9.97. The van der Waals surface area contributed by atoms with E-state index in [-0.39, 0.29) is 12.4 Å². The number of hydrogen-bond acceptors (Lipinski definition) is 3. The van der Waals surface area contributed by atoms with Crippen molar-refractivity contribution in [1.82, 2.24) is 5.32 Å². The van der Waals surface area contributed by atoms with E-state index in [1.165, 1.54) is 11.1 Å². The Bertz CT molecular complexity index is 345. The molecule has 82 valence electrons. The van der Waals surface area contributed by atoms with Crippen LogP contribution in [0.25, 0.3) is 0 Å². The minimum absolute atomic E-state index is 0. The lowest BCUT2D eigenvalue weighted by molar-refractivity contribution is 0.635. The van der Waals surface area contributed by atoms with Crippen molar-refractivity contribution in [2.75, 3.05) is 13.1 Å². The van der Waals surface area contributed by atoms with E-state index in [9.17, 15) is 0 Å². The third kappa shape index (κ3) is 2.86. The third-order valence-electron chi connectivity index (χ3n) is 2.56. The minimum atomic E-state index is 0. The molecule has 0 spiro atoms. The molecule has 1 aliphatic rings. The number of halogens is 1. The third-order valence-corrected chi connectivity index (χ3v) is 2.56. The van der Waals surface area contributed by atoms with Gasteiger partial charge in [-0.25, -0.2) is 0 Å². The van der Waals surface area contributed by atoms with E-state index in [1.54, 1.807) is 0 Å². The van der Waals surface area contributed by atoms with Gasteiger partial charge in [0.2, 0.25) is 0 Å². The standard InChI is InChI=1S/C11H15N3.ClH/c1-8-2-4-9(5-3-8)10-6-13-11(12)14-7-10;/h2-5,10H,6-7H2,1H3,(H3,12,13,14);1H. The molecule has 0 fully saturated rings. The van der Waals surface area contributed by atoms with Gasteiger partial charge in [0.1, 0.15) is 0 Å². The fourth-order valence-electron chi connectivity index (χ4n) is 1.62. The summed E-state index contributed by atoms with van der Waals surface area (Å²) in [6.07, 6.45) is 0. The van der Waals surface area contributed by atoms with E-state index in [4.69, 9.17) is 5.73 Å². The Kier molecular flexibility index (Phi) is 3.97. The largest absolute Gasteiger partial charge is 0.370 e. The molecule has 1 atom stereocenters. The van der Waals surface area contributed by atoms with Gasteiger partial charge < -0.3 is 11.1 Å². The van der Waals surface area contributed by atoms with Crippen LogP contribution in [0, 0.1) is 6.92 Å². The summed E-state index contributed by atoms with van der Waals surface area (Å²) >= 11 is 0. The zero-order valence-electron chi connectivity index (χ0n) is 8.73. The Morgan fingerprint density at radius 2 is 2.00 bits per heavy atom. The first-order valence-electron chi connectivity index (χ1n) is 4.86. The highest BCUT2D eigenvalue weighted by Crippen LogP contribution is 2.17. The van der Waals surface area contributed by atoms with Gasteiger partial charge in [-0.1, -0.05) is 29.8 Å². The Hall–Kier alpha value is -1.22.